The van der Waals surface area contributed by atoms with Crippen LogP contribution < -0.4 is 10.6 Å². The number of benzene rings is 2. The summed E-state index contributed by atoms with van der Waals surface area (Å²) in [5.41, 5.74) is 3.00. The molecule has 180 valence electrons. The lowest BCUT2D eigenvalue weighted by atomic mass is 9.92. The van der Waals surface area contributed by atoms with Crippen molar-refractivity contribution in [2.75, 3.05) is 17.2 Å². The van der Waals surface area contributed by atoms with Crippen molar-refractivity contribution in [3.63, 3.8) is 0 Å². The minimum Gasteiger partial charge on any atom is -0.466 e. The molecule has 1 unspecified atom stereocenters. The van der Waals surface area contributed by atoms with Crippen LogP contribution in [0.1, 0.15) is 45.9 Å². The molecule has 34 heavy (non-hydrogen) atoms. The van der Waals surface area contributed by atoms with Crippen LogP contribution in [0.4, 0.5) is 16.3 Å². The summed E-state index contributed by atoms with van der Waals surface area (Å²) in [6.07, 6.45) is 0.542. The third-order valence-corrected chi connectivity index (χ3v) is 5.46. The molecule has 3 aromatic rings. The highest BCUT2D eigenvalue weighted by Gasteiger charge is 2.22. The van der Waals surface area contributed by atoms with Gasteiger partial charge in [-0.05, 0) is 55.3 Å². The standard InChI is InChI=1S/C26H31ClN4O3/c1-6-34-24(32)17(2)14-18-8-7-9-21(15-18)31-23(16-22(30-31)26(3,4)5)29-25(33)28-20-12-10-19(27)11-13-20/h7-13,15-17H,6,14H2,1-5H3,(H2,28,29,33). The Hall–Kier alpha value is -3.32. The monoisotopic (exact) mass is 482 g/mol. The topological polar surface area (TPSA) is 85.2 Å². The second-order valence-corrected chi connectivity index (χ2v) is 9.63. The second-order valence-electron chi connectivity index (χ2n) is 9.19. The van der Waals surface area contributed by atoms with E-state index in [1.54, 1.807) is 35.9 Å². The van der Waals surface area contributed by atoms with Crippen LogP contribution in [-0.2, 0) is 21.4 Å². The number of anilines is 2. The maximum absolute atomic E-state index is 12.7. The summed E-state index contributed by atoms with van der Waals surface area (Å²) in [6, 6.07) is 16.1. The molecule has 0 saturated carbocycles. The van der Waals surface area contributed by atoms with Gasteiger partial charge in [-0.2, -0.15) is 5.10 Å². The molecule has 1 aromatic heterocycles. The van der Waals surface area contributed by atoms with E-state index >= 15 is 0 Å². The Morgan fingerprint density at radius 1 is 1.09 bits per heavy atom. The fourth-order valence-electron chi connectivity index (χ4n) is 3.38. The summed E-state index contributed by atoms with van der Waals surface area (Å²) in [5, 5.41) is 11.1. The lowest BCUT2D eigenvalue weighted by Crippen LogP contribution is -2.21. The minimum atomic E-state index is -0.393. The molecule has 2 amide bonds. The van der Waals surface area contributed by atoms with Crippen LogP contribution in [0.5, 0.6) is 0 Å². The molecule has 0 aliphatic rings. The molecular weight excluding hydrogens is 452 g/mol. The minimum absolute atomic E-state index is 0.218. The number of hydrogen-bond donors (Lipinski definition) is 2. The van der Waals surface area contributed by atoms with Gasteiger partial charge in [0, 0.05) is 22.2 Å². The zero-order chi connectivity index (χ0) is 24.9. The summed E-state index contributed by atoms with van der Waals surface area (Å²) < 4.78 is 6.84. The second kappa shape index (κ2) is 10.7. The molecule has 0 aliphatic heterocycles. The fraction of sp³-hybridized carbons (Fsp3) is 0.346. The Bertz CT molecular complexity index is 1150. The normalized spacial score (nSPS) is 12.2. The number of rotatable bonds is 7. The van der Waals surface area contributed by atoms with E-state index in [4.69, 9.17) is 21.4 Å². The van der Waals surface area contributed by atoms with Gasteiger partial charge in [0.25, 0.3) is 0 Å². The summed E-state index contributed by atoms with van der Waals surface area (Å²) in [5.74, 6) is 0.0518. The molecule has 1 atom stereocenters. The third-order valence-electron chi connectivity index (χ3n) is 5.21. The van der Waals surface area contributed by atoms with Crippen LogP contribution in [0.25, 0.3) is 5.69 Å². The summed E-state index contributed by atoms with van der Waals surface area (Å²) in [4.78, 5) is 24.8. The first-order chi connectivity index (χ1) is 16.1. The Balaban J connectivity index is 1.87. The molecule has 0 saturated heterocycles. The molecule has 0 fully saturated rings. The number of carbonyl (C=O) groups is 2. The number of hydrogen-bond acceptors (Lipinski definition) is 4. The molecule has 3 rings (SSSR count). The van der Waals surface area contributed by atoms with E-state index in [-0.39, 0.29) is 17.3 Å². The molecule has 0 bridgehead atoms. The number of amides is 2. The maximum atomic E-state index is 12.7. The molecule has 0 spiro atoms. The van der Waals surface area contributed by atoms with Gasteiger partial charge in [-0.25, -0.2) is 9.48 Å². The number of halogens is 1. The molecule has 0 aliphatic carbocycles. The van der Waals surface area contributed by atoms with E-state index in [1.165, 1.54) is 0 Å². The SMILES string of the molecule is CCOC(=O)C(C)Cc1cccc(-n2nc(C(C)(C)C)cc2NC(=O)Nc2ccc(Cl)cc2)c1. The first kappa shape index (κ1) is 25.3. The first-order valence-corrected chi connectivity index (χ1v) is 11.6. The molecule has 2 aromatic carbocycles. The molecule has 8 heteroatoms. The van der Waals surface area contributed by atoms with Gasteiger partial charge in [-0.3, -0.25) is 10.1 Å². The van der Waals surface area contributed by atoms with Gasteiger partial charge in [0.05, 0.1) is 23.9 Å². The van der Waals surface area contributed by atoms with Gasteiger partial charge in [-0.1, -0.05) is 51.4 Å². The van der Waals surface area contributed by atoms with Crippen LogP contribution in [0.15, 0.2) is 54.6 Å². The highest BCUT2D eigenvalue weighted by atomic mass is 35.5. The molecule has 0 radical (unpaired) electrons. The lowest BCUT2D eigenvalue weighted by Gasteiger charge is -2.14. The van der Waals surface area contributed by atoms with E-state index in [1.807, 2.05) is 37.3 Å². The average Bonchev–Trinajstić information content (AvgIpc) is 3.20. The van der Waals surface area contributed by atoms with E-state index in [0.29, 0.717) is 29.6 Å². The average molecular weight is 483 g/mol. The van der Waals surface area contributed by atoms with Crippen molar-refractivity contribution in [1.82, 2.24) is 9.78 Å². The van der Waals surface area contributed by atoms with Crippen LogP contribution in [0.2, 0.25) is 5.02 Å². The zero-order valence-corrected chi connectivity index (χ0v) is 20.9. The Labute approximate surface area is 205 Å². The van der Waals surface area contributed by atoms with Gasteiger partial charge in [0.2, 0.25) is 0 Å². The van der Waals surface area contributed by atoms with Crippen molar-refractivity contribution < 1.29 is 14.3 Å². The van der Waals surface area contributed by atoms with E-state index in [9.17, 15) is 9.59 Å². The Morgan fingerprint density at radius 2 is 1.79 bits per heavy atom. The number of nitrogens with zero attached hydrogens (tertiary/aromatic N) is 2. The predicted octanol–water partition coefficient (Wildman–Crippen LogP) is 6.21. The molecule has 1 heterocycles. The highest BCUT2D eigenvalue weighted by molar-refractivity contribution is 6.30. The Morgan fingerprint density at radius 3 is 2.44 bits per heavy atom. The third kappa shape index (κ3) is 6.60. The summed E-state index contributed by atoms with van der Waals surface area (Å²) in [6.45, 7) is 10.2. The van der Waals surface area contributed by atoms with Crippen molar-refractivity contribution in [3.8, 4) is 5.69 Å². The van der Waals surface area contributed by atoms with Crippen LogP contribution >= 0.6 is 11.6 Å². The van der Waals surface area contributed by atoms with Gasteiger partial charge in [-0.15, -0.1) is 0 Å². The Kier molecular flexibility index (Phi) is 7.99. The van der Waals surface area contributed by atoms with E-state index in [0.717, 1.165) is 16.9 Å². The first-order valence-electron chi connectivity index (χ1n) is 11.3. The molecular formula is C26H31ClN4O3. The largest absolute Gasteiger partial charge is 0.466 e. The number of carbonyl (C=O) groups excluding carboxylic acids is 2. The molecule has 2 N–H and O–H groups in total. The smallest absolute Gasteiger partial charge is 0.324 e. The highest BCUT2D eigenvalue weighted by Crippen LogP contribution is 2.27. The number of ether oxygens (including phenoxy) is 1. The van der Waals surface area contributed by atoms with Crippen LogP contribution in [0.3, 0.4) is 0 Å². The van der Waals surface area contributed by atoms with Crippen LogP contribution in [-0.4, -0.2) is 28.4 Å². The lowest BCUT2D eigenvalue weighted by molar-refractivity contribution is -0.147. The summed E-state index contributed by atoms with van der Waals surface area (Å²) >= 11 is 5.92. The predicted molar refractivity (Wildman–Crippen MR) is 136 cm³/mol. The van der Waals surface area contributed by atoms with Crippen molar-refractivity contribution >= 4 is 35.1 Å². The van der Waals surface area contributed by atoms with Gasteiger partial charge in [0.1, 0.15) is 5.82 Å². The molecule has 7 nitrogen and oxygen atoms in total. The fourth-order valence-corrected chi connectivity index (χ4v) is 3.51. The van der Waals surface area contributed by atoms with Gasteiger partial charge < -0.3 is 10.1 Å². The quantitative estimate of drug-likeness (QED) is 0.392. The number of esters is 1. The van der Waals surface area contributed by atoms with Crippen molar-refractivity contribution in [3.05, 3.63) is 70.9 Å². The number of nitrogens with one attached hydrogen (secondary N) is 2. The van der Waals surface area contributed by atoms with Gasteiger partial charge >= 0.3 is 12.0 Å². The van der Waals surface area contributed by atoms with Crippen LogP contribution in [0, 0.1) is 5.92 Å². The van der Waals surface area contributed by atoms with Crippen molar-refractivity contribution in [2.45, 2.75) is 46.5 Å². The van der Waals surface area contributed by atoms with Gasteiger partial charge in [0.15, 0.2) is 0 Å². The maximum Gasteiger partial charge on any atom is 0.324 e. The van der Waals surface area contributed by atoms with Crippen molar-refractivity contribution in [1.29, 1.82) is 0 Å². The zero-order valence-electron chi connectivity index (χ0n) is 20.2. The van der Waals surface area contributed by atoms with E-state index < -0.39 is 6.03 Å². The van der Waals surface area contributed by atoms with E-state index in [2.05, 4.69) is 31.4 Å². The summed E-state index contributed by atoms with van der Waals surface area (Å²) in [7, 11) is 0. The number of urea groups is 1. The van der Waals surface area contributed by atoms with Crippen molar-refractivity contribution in [2.24, 2.45) is 5.92 Å². The number of aromatic nitrogens is 2.